The first-order chi connectivity index (χ1) is 10.3. The number of benzene rings is 1. The van der Waals surface area contributed by atoms with Crippen molar-refractivity contribution >= 4 is 17.6 Å². The summed E-state index contributed by atoms with van der Waals surface area (Å²) in [6, 6.07) is 2.26. The summed E-state index contributed by atoms with van der Waals surface area (Å²) >= 11 is 0. The van der Waals surface area contributed by atoms with Gasteiger partial charge in [0.15, 0.2) is 17.4 Å². The van der Waals surface area contributed by atoms with E-state index in [9.17, 15) is 28.3 Å². The quantitative estimate of drug-likeness (QED) is 0.655. The van der Waals surface area contributed by atoms with E-state index < -0.39 is 40.6 Å². The number of aromatic hydroxyl groups is 1. The minimum absolute atomic E-state index is 0.199. The third-order valence-corrected chi connectivity index (χ3v) is 3.21. The first-order valence-corrected chi connectivity index (χ1v) is 5.91. The molecule has 0 atom stereocenters. The average molecular weight is 307 g/mol. The van der Waals surface area contributed by atoms with Crippen LogP contribution in [0.1, 0.15) is 20.7 Å². The minimum atomic E-state index is -1.48. The van der Waals surface area contributed by atoms with E-state index in [1.807, 2.05) is 5.32 Å². The van der Waals surface area contributed by atoms with Gasteiger partial charge in [-0.3, -0.25) is 24.3 Å². The van der Waals surface area contributed by atoms with E-state index in [0.717, 1.165) is 12.1 Å². The lowest BCUT2D eigenvalue weighted by Gasteiger charge is -2.12. The van der Waals surface area contributed by atoms with Gasteiger partial charge in [0.1, 0.15) is 5.82 Å². The number of amides is 2. The Morgan fingerprint density at radius 2 is 1.77 bits per heavy atom. The summed E-state index contributed by atoms with van der Waals surface area (Å²) in [5.74, 6) is -5.91. The molecule has 1 aliphatic heterocycles. The lowest BCUT2D eigenvalue weighted by Crippen LogP contribution is -2.24. The molecule has 0 saturated heterocycles. The van der Waals surface area contributed by atoms with E-state index in [1.165, 1.54) is 0 Å². The monoisotopic (exact) mass is 307 g/mol. The molecular formula is C13H7F2N3O4. The van der Waals surface area contributed by atoms with Crippen molar-refractivity contribution in [3.63, 3.8) is 0 Å². The normalized spacial score (nSPS) is 13.2. The third-order valence-electron chi connectivity index (χ3n) is 3.21. The number of phenols is 1. The Morgan fingerprint density at radius 3 is 2.41 bits per heavy atom. The van der Waals surface area contributed by atoms with Crippen LogP contribution in [0, 0.1) is 11.6 Å². The van der Waals surface area contributed by atoms with E-state index in [1.54, 1.807) is 0 Å². The Kier molecular flexibility index (Phi) is 2.74. The van der Waals surface area contributed by atoms with Crippen LogP contribution in [-0.2, 0) is 0 Å². The molecule has 0 unspecified atom stereocenters. The number of carbonyl (C=O) groups excluding carboxylic acids is 2. The standard InChI is InChI=1S/C13H7F2N3O4/c14-6-1-4(2-7(19)10(6)15)18-8(20)3-5-9(11(18)16)13(22)17-12(5)21/h1-3,19H,16H2,(H,17,21,22). The van der Waals surface area contributed by atoms with Gasteiger partial charge < -0.3 is 10.8 Å². The maximum atomic E-state index is 13.4. The van der Waals surface area contributed by atoms with Gasteiger partial charge in [-0.2, -0.15) is 4.39 Å². The number of hydrogen-bond donors (Lipinski definition) is 3. The van der Waals surface area contributed by atoms with Gasteiger partial charge in [-0.05, 0) is 0 Å². The van der Waals surface area contributed by atoms with Crippen molar-refractivity contribution in [3.05, 3.63) is 51.3 Å². The number of pyridine rings is 1. The maximum absolute atomic E-state index is 13.4. The van der Waals surface area contributed by atoms with Crippen molar-refractivity contribution in [1.82, 2.24) is 9.88 Å². The first kappa shape index (κ1) is 13.7. The number of fused-ring (bicyclic) bond motifs is 1. The zero-order valence-corrected chi connectivity index (χ0v) is 10.7. The van der Waals surface area contributed by atoms with E-state index in [-0.39, 0.29) is 16.8 Å². The lowest BCUT2D eigenvalue weighted by atomic mass is 10.1. The predicted octanol–water partition coefficient (Wildman–Crippen LogP) is 0.287. The van der Waals surface area contributed by atoms with Gasteiger partial charge in [-0.1, -0.05) is 0 Å². The van der Waals surface area contributed by atoms with Crippen LogP contribution in [0.4, 0.5) is 14.6 Å². The molecule has 0 fully saturated rings. The zero-order chi connectivity index (χ0) is 16.2. The molecule has 0 bridgehead atoms. The van der Waals surface area contributed by atoms with Gasteiger partial charge >= 0.3 is 0 Å². The molecule has 0 saturated carbocycles. The Hall–Kier alpha value is -3.23. The molecule has 7 nitrogen and oxygen atoms in total. The molecule has 1 aliphatic rings. The van der Waals surface area contributed by atoms with Crippen molar-refractivity contribution < 1.29 is 23.5 Å². The molecule has 1 aromatic heterocycles. The molecule has 2 amide bonds. The van der Waals surface area contributed by atoms with Gasteiger partial charge in [0.25, 0.3) is 17.4 Å². The van der Waals surface area contributed by atoms with Crippen LogP contribution >= 0.6 is 0 Å². The Bertz CT molecular complexity index is 897. The number of rotatable bonds is 1. The predicted molar refractivity (Wildman–Crippen MR) is 69.8 cm³/mol. The molecule has 3 rings (SSSR count). The molecule has 112 valence electrons. The van der Waals surface area contributed by atoms with Crippen LogP contribution in [0.5, 0.6) is 5.75 Å². The lowest BCUT2D eigenvalue weighted by molar-refractivity contribution is 0.0880. The fourth-order valence-electron chi connectivity index (χ4n) is 2.24. The van der Waals surface area contributed by atoms with Crippen molar-refractivity contribution in [3.8, 4) is 11.4 Å². The number of carbonyl (C=O) groups is 2. The zero-order valence-electron chi connectivity index (χ0n) is 10.7. The number of anilines is 1. The van der Waals surface area contributed by atoms with Gasteiger partial charge in [0, 0.05) is 18.2 Å². The van der Waals surface area contributed by atoms with Gasteiger partial charge in [-0.25, -0.2) is 4.39 Å². The summed E-state index contributed by atoms with van der Waals surface area (Å²) in [6.07, 6.45) is 0. The average Bonchev–Trinajstić information content (AvgIpc) is 2.71. The van der Waals surface area contributed by atoms with Crippen LogP contribution in [0.3, 0.4) is 0 Å². The smallest absolute Gasteiger partial charge is 0.262 e. The first-order valence-electron chi connectivity index (χ1n) is 5.91. The summed E-state index contributed by atoms with van der Waals surface area (Å²) in [4.78, 5) is 35.2. The SMILES string of the molecule is Nc1c2c(cc(=O)n1-c1cc(O)c(F)c(F)c1)C(=O)NC2=O. The summed E-state index contributed by atoms with van der Waals surface area (Å²) in [6.45, 7) is 0. The second-order valence-electron chi connectivity index (χ2n) is 4.54. The summed E-state index contributed by atoms with van der Waals surface area (Å²) < 4.78 is 27.2. The number of halogens is 2. The number of aromatic nitrogens is 1. The van der Waals surface area contributed by atoms with E-state index >= 15 is 0 Å². The summed E-state index contributed by atoms with van der Waals surface area (Å²) in [7, 11) is 0. The van der Waals surface area contributed by atoms with Crippen LogP contribution in [0.2, 0.25) is 0 Å². The third kappa shape index (κ3) is 1.75. The van der Waals surface area contributed by atoms with Gasteiger partial charge in [0.05, 0.1) is 16.8 Å². The highest BCUT2D eigenvalue weighted by Crippen LogP contribution is 2.26. The number of hydrogen-bond acceptors (Lipinski definition) is 5. The van der Waals surface area contributed by atoms with E-state index in [2.05, 4.69) is 0 Å². The van der Waals surface area contributed by atoms with Crippen molar-refractivity contribution in [2.75, 3.05) is 5.73 Å². The molecule has 0 radical (unpaired) electrons. The fraction of sp³-hybridized carbons (Fsp3) is 0. The molecule has 0 aliphatic carbocycles. The van der Waals surface area contributed by atoms with Gasteiger partial charge in [0.2, 0.25) is 0 Å². The van der Waals surface area contributed by atoms with Crippen LogP contribution < -0.4 is 16.6 Å². The van der Waals surface area contributed by atoms with Crippen LogP contribution in [-0.4, -0.2) is 21.5 Å². The number of phenolic OH excluding ortho intramolecular Hbond substituents is 1. The Morgan fingerprint density at radius 1 is 1.09 bits per heavy atom. The highest BCUT2D eigenvalue weighted by molar-refractivity contribution is 6.23. The molecule has 0 spiro atoms. The molecule has 9 heteroatoms. The maximum Gasteiger partial charge on any atom is 0.262 e. The number of nitrogens with two attached hydrogens (primary N) is 1. The molecule has 2 aromatic rings. The number of imide groups is 1. The van der Waals surface area contributed by atoms with Crippen molar-refractivity contribution in [2.24, 2.45) is 0 Å². The number of nitrogen functional groups attached to an aromatic ring is 1. The number of nitrogens with one attached hydrogen (secondary N) is 1. The molecule has 22 heavy (non-hydrogen) atoms. The van der Waals surface area contributed by atoms with Crippen molar-refractivity contribution in [1.29, 1.82) is 0 Å². The fourth-order valence-corrected chi connectivity index (χ4v) is 2.24. The van der Waals surface area contributed by atoms with Crippen LogP contribution in [0.25, 0.3) is 5.69 Å². The highest BCUT2D eigenvalue weighted by Gasteiger charge is 2.32. The van der Waals surface area contributed by atoms with Crippen molar-refractivity contribution in [2.45, 2.75) is 0 Å². The summed E-state index contributed by atoms with van der Waals surface area (Å²) in [5, 5.41) is 11.3. The second kappa shape index (κ2) is 4.38. The highest BCUT2D eigenvalue weighted by atomic mass is 19.2. The minimum Gasteiger partial charge on any atom is -0.505 e. The summed E-state index contributed by atoms with van der Waals surface area (Å²) in [5.41, 5.74) is 4.15. The Balaban J connectivity index is 2.35. The van der Waals surface area contributed by atoms with E-state index in [4.69, 9.17) is 5.73 Å². The number of nitrogens with zero attached hydrogens (tertiary/aromatic N) is 1. The van der Waals surface area contributed by atoms with Gasteiger partial charge in [-0.15, -0.1) is 0 Å². The molecule has 2 heterocycles. The largest absolute Gasteiger partial charge is 0.505 e. The topological polar surface area (TPSA) is 114 Å². The Labute approximate surface area is 120 Å². The molecule has 1 aromatic carbocycles. The van der Waals surface area contributed by atoms with Crippen LogP contribution in [0.15, 0.2) is 23.0 Å². The molecular weight excluding hydrogens is 300 g/mol. The molecule has 4 N–H and O–H groups in total. The second-order valence-corrected chi connectivity index (χ2v) is 4.54. The van der Waals surface area contributed by atoms with E-state index in [0.29, 0.717) is 10.6 Å².